The summed E-state index contributed by atoms with van der Waals surface area (Å²) in [4.78, 5) is 7.12. The van der Waals surface area contributed by atoms with Crippen LogP contribution in [0.15, 0.2) is 23.2 Å². The van der Waals surface area contributed by atoms with E-state index in [0.29, 0.717) is 12.6 Å². The number of aliphatic imine (C=N–C) groups is 1. The fraction of sp³-hybridized carbons (Fsp3) is 0.632. The van der Waals surface area contributed by atoms with E-state index in [2.05, 4.69) is 27.4 Å². The molecule has 0 aromatic heterocycles. The predicted molar refractivity (Wildman–Crippen MR) is 101 cm³/mol. The van der Waals surface area contributed by atoms with E-state index >= 15 is 0 Å². The summed E-state index contributed by atoms with van der Waals surface area (Å²) in [6.07, 6.45) is 3.46. The van der Waals surface area contributed by atoms with Crippen molar-refractivity contribution in [2.45, 2.75) is 45.7 Å². The summed E-state index contributed by atoms with van der Waals surface area (Å²) in [5, 5.41) is 6.80. The third-order valence-corrected chi connectivity index (χ3v) is 4.45. The molecule has 25 heavy (non-hydrogen) atoms. The quantitative estimate of drug-likeness (QED) is 0.586. The Kier molecular flexibility index (Phi) is 7.98. The van der Waals surface area contributed by atoms with Crippen LogP contribution in [0.5, 0.6) is 5.75 Å². The van der Waals surface area contributed by atoms with Gasteiger partial charge < -0.3 is 20.3 Å². The maximum absolute atomic E-state index is 13.8. The Morgan fingerprint density at radius 3 is 2.68 bits per heavy atom. The first kappa shape index (κ1) is 19.5. The van der Waals surface area contributed by atoms with E-state index < -0.39 is 0 Å². The van der Waals surface area contributed by atoms with Gasteiger partial charge in [-0.2, -0.15) is 0 Å². The van der Waals surface area contributed by atoms with Gasteiger partial charge in [-0.05, 0) is 50.4 Å². The molecule has 1 aliphatic heterocycles. The van der Waals surface area contributed by atoms with Crippen LogP contribution in [-0.4, -0.2) is 50.2 Å². The number of nitrogens with zero attached hydrogens (tertiary/aromatic N) is 2. The molecule has 1 saturated heterocycles. The van der Waals surface area contributed by atoms with E-state index in [9.17, 15) is 4.39 Å². The summed E-state index contributed by atoms with van der Waals surface area (Å²) >= 11 is 0. The van der Waals surface area contributed by atoms with Crippen LogP contribution in [0.4, 0.5) is 4.39 Å². The molecule has 6 heteroatoms. The molecular formula is C19H31FN4O. The Hall–Kier alpha value is -1.82. The summed E-state index contributed by atoms with van der Waals surface area (Å²) < 4.78 is 18.7. The monoisotopic (exact) mass is 350 g/mol. The third-order valence-electron chi connectivity index (χ3n) is 4.45. The Balaban J connectivity index is 1.91. The molecule has 1 fully saturated rings. The molecule has 0 amide bonds. The predicted octanol–water partition coefficient (Wildman–Crippen LogP) is 2.76. The molecule has 0 unspecified atom stereocenters. The van der Waals surface area contributed by atoms with Gasteiger partial charge in [0.05, 0.1) is 13.7 Å². The summed E-state index contributed by atoms with van der Waals surface area (Å²) in [6.45, 7) is 8.96. The highest BCUT2D eigenvalue weighted by Crippen LogP contribution is 2.18. The van der Waals surface area contributed by atoms with E-state index in [1.807, 2.05) is 13.0 Å². The standard InChI is InChI=1S/C19H31FN4O/c1-4-10-24-11-8-16(9-12-24)23-19(21-5-2)22-14-15-6-7-18(25-3)17(20)13-15/h6-7,13,16H,4-5,8-12,14H2,1-3H3,(H2,21,22,23). The lowest BCUT2D eigenvalue weighted by molar-refractivity contribution is 0.206. The van der Waals surface area contributed by atoms with Crippen molar-refractivity contribution in [3.05, 3.63) is 29.6 Å². The lowest BCUT2D eigenvalue weighted by Crippen LogP contribution is -2.48. The molecule has 1 aromatic rings. The zero-order valence-corrected chi connectivity index (χ0v) is 15.6. The lowest BCUT2D eigenvalue weighted by atomic mass is 10.1. The molecule has 5 nitrogen and oxygen atoms in total. The van der Waals surface area contributed by atoms with E-state index in [1.54, 1.807) is 6.07 Å². The van der Waals surface area contributed by atoms with Crippen molar-refractivity contribution in [2.24, 2.45) is 4.99 Å². The second-order valence-corrected chi connectivity index (χ2v) is 6.42. The molecule has 0 aliphatic carbocycles. The molecular weight excluding hydrogens is 319 g/mol. The minimum atomic E-state index is -0.351. The van der Waals surface area contributed by atoms with Crippen LogP contribution >= 0.6 is 0 Å². The highest BCUT2D eigenvalue weighted by Gasteiger charge is 2.19. The number of methoxy groups -OCH3 is 1. The average Bonchev–Trinajstić information content (AvgIpc) is 2.62. The Morgan fingerprint density at radius 1 is 1.32 bits per heavy atom. The molecule has 0 saturated carbocycles. The van der Waals surface area contributed by atoms with E-state index in [-0.39, 0.29) is 11.6 Å². The Morgan fingerprint density at radius 2 is 2.08 bits per heavy atom. The van der Waals surface area contributed by atoms with Crippen LogP contribution in [0.25, 0.3) is 0 Å². The molecule has 0 radical (unpaired) electrons. The second-order valence-electron chi connectivity index (χ2n) is 6.42. The topological polar surface area (TPSA) is 48.9 Å². The minimum absolute atomic E-state index is 0.261. The first-order chi connectivity index (χ1) is 12.2. The molecule has 2 rings (SSSR count). The second kappa shape index (κ2) is 10.2. The van der Waals surface area contributed by atoms with Crippen molar-refractivity contribution in [3.63, 3.8) is 0 Å². The number of guanidine groups is 1. The Bertz CT molecular complexity index is 556. The van der Waals surface area contributed by atoms with Crippen LogP contribution in [-0.2, 0) is 6.54 Å². The molecule has 0 atom stereocenters. The summed E-state index contributed by atoms with van der Waals surface area (Å²) in [6, 6.07) is 5.41. The van der Waals surface area contributed by atoms with E-state index in [1.165, 1.54) is 26.1 Å². The maximum Gasteiger partial charge on any atom is 0.191 e. The minimum Gasteiger partial charge on any atom is -0.494 e. The van der Waals surface area contributed by atoms with Gasteiger partial charge in [-0.15, -0.1) is 0 Å². The summed E-state index contributed by atoms with van der Waals surface area (Å²) in [7, 11) is 1.47. The lowest BCUT2D eigenvalue weighted by Gasteiger charge is -2.32. The van der Waals surface area contributed by atoms with Crippen LogP contribution < -0.4 is 15.4 Å². The van der Waals surface area contributed by atoms with Gasteiger partial charge >= 0.3 is 0 Å². The van der Waals surface area contributed by atoms with Crippen molar-refractivity contribution >= 4 is 5.96 Å². The van der Waals surface area contributed by atoms with E-state index in [4.69, 9.17) is 4.74 Å². The van der Waals surface area contributed by atoms with Crippen LogP contribution in [0.3, 0.4) is 0 Å². The van der Waals surface area contributed by atoms with Crippen LogP contribution in [0.2, 0.25) is 0 Å². The Labute approximate surface area is 150 Å². The smallest absolute Gasteiger partial charge is 0.191 e. The number of halogens is 1. The first-order valence-corrected chi connectivity index (χ1v) is 9.25. The van der Waals surface area contributed by atoms with Gasteiger partial charge in [0, 0.05) is 25.7 Å². The molecule has 0 spiro atoms. The van der Waals surface area contributed by atoms with Crippen molar-refractivity contribution in [2.75, 3.05) is 33.3 Å². The number of ether oxygens (including phenoxy) is 1. The molecule has 1 heterocycles. The third kappa shape index (κ3) is 6.20. The van der Waals surface area contributed by atoms with Crippen LogP contribution in [0, 0.1) is 5.82 Å². The normalized spacial score (nSPS) is 16.7. The van der Waals surface area contributed by atoms with Gasteiger partial charge in [0.15, 0.2) is 17.5 Å². The largest absolute Gasteiger partial charge is 0.494 e. The number of likely N-dealkylation sites (tertiary alicyclic amines) is 1. The van der Waals surface area contributed by atoms with Crippen molar-refractivity contribution in [1.29, 1.82) is 0 Å². The van der Waals surface area contributed by atoms with Crippen molar-refractivity contribution in [1.82, 2.24) is 15.5 Å². The zero-order valence-electron chi connectivity index (χ0n) is 15.6. The van der Waals surface area contributed by atoms with Gasteiger partial charge in [-0.25, -0.2) is 9.38 Å². The fourth-order valence-electron chi connectivity index (χ4n) is 3.11. The number of hydrogen-bond acceptors (Lipinski definition) is 3. The van der Waals surface area contributed by atoms with Crippen LogP contribution in [0.1, 0.15) is 38.7 Å². The molecule has 140 valence electrons. The summed E-state index contributed by atoms with van der Waals surface area (Å²) in [5.41, 5.74) is 0.827. The molecule has 2 N–H and O–H groups in total. The first-order valence-electron chi connectivity index (χ1n) is 9.25. The van der Waals surface area contributed by atoms with Gasteiger partial charge in [0.25, 0.3) is 0 Å². The number of piperidine rings is 1. The highest BCUT2D eigenvalue weighted by molar-refractivity contribution is 5.80. The summed E-state index contributed by atoms with van der Waals surface area (Å²) in [5.74, 6) is 0.709. The van der Waals surface area contributed by atoms with Crippen molar-refractivity contribution in [3.8, 4) is 5.75 Å². The van der Waals surface area contributed by atoms with E-state index in [0.717, 1.165) is 44.0 Å². The van der Waals surface area contributed by atoms with Gasteiger partial charge in [0.2, 0.25) is 0 Å². The fourth-order valence-corrected chi connectivity index (χ4v) is 3.11. The van der Waals surface area contributed by atoms with Crippen molar-refractivity contribution < 1.29 is 9.13 Å². The average molecular weight is 350 g/mol. The number of rotatable bonds is 7. The molecule has 1 aliphatic rings. The SMILES string of the molecule is CCCN1CCC(NC(=NCc2ccc(OC)c(F)c2)NCC)CC1. The number of benzene rings is 1. The highest BCUT2D eigenvalue weighted by atomic mass is 19.1. The molecule has 1 aromatic carbocycles. The number of hydrogen-bond donors (Lipinski definition) is 2. The number of nitrogens with one attached hydrogen (secondary N) is 2. The molecule has 0 bridgehead atoms. The van der Waals surface area contributed by atoms with Gasteiger partial charge in [-0.1, -0.05) is 13.0 Å². The van der Waals surface area contributed by atoms with Gasteiger partial charge in [0.1, 0.15) is 0 Å². The van der Waals surface area contributed by atoms with Gasteiger partial charge in [-0.3, -0.25) is 0 Å². The maximum atomic E-state index is 13.8. The zero-order chi connectivity index (χ0) is 18.1.